The van der Waals surface area contributed by atoms with Gasteiger partial charge in [-0.2, -0.15) is 0 Å². The molecule has 0 aliphatic carbocycles. The van der Waals surface area contributed by atoms with E-state index in [9.17, 15) is 0 Å². The van der Waals surface area contributed by atoms with Crippen molar-refractivity contribution in [3.63, 3.8) is 0 Å². The molecule has 0 fully saturated rings. The molecule has 0 amide bonds. The SMILES string of the molecule is Cn1c2ccccc2c2ccc(-c3ccc4c(c3)c3ccccc3n4-c3ccccc3)cc21. The van der Waals surface area contributed by atoms with Gasteiger partial charge in [-0.05, 0) is 53.6 Å². The third-order valence-corrected chi connectivity index (χ3v) is 6.93. The van der Waals surface area contributed by atoms with E-state index in [0.29, 0.717) is 0 Å². The van der Waals surface area contributed by atoms with Crippen LogP contribution in [-0.4, -0.2) is 9.13 Å². The van der Waals surface area contributed by atoms with Gasteiger partial charge < -0.3 is 9.13 Å². The van der Waals surface area contributed by atoms with Crippen LogP contribution < -0.4 is 0 Å². The van der Waals surface area contributed by atoms with E-state index < -0.39 is 0 Å². The summed E-state index contributed by atoms with van der Waals surface area (Å²) in [5.74, 6) is 0. The fourth-order valence-electron chi connectivity index (χ4n) is 5.35. The molecule has 2 heteroatoms. The van der Waals surface area contributed by atoms with Gasteiger partial charge >= 0.3 is 0 Å². The lowest BCUT2D eigenvalue weighted by Gasteiger charge is -2.08. The van der Waals surface area contributed by atoms with Crippen LogP contribution in [0.3, 0.4) is 0 Å². The monoisotopic (exact) mass is 422 g/mol. The van der Waals surface area contributed by atoms with Gasteiger partial charge in [0.15, 0.2) is 0 Å². The summed E-state index contributed by atoms with van der Waals surface area (Å²) >= 11 is 0. The average molecular weight is 423 g/mol. The van der Waals surface area contributed by atoms with Gasteiger partial charge in [0.2, 0.25) is 0 Å². The van der Waals surface area contributed by atoms with Gasteiger partial charge in [0.25, 0.3) is 0 Å². The van der Waals surface area contributed by atoms with Gasteiger partial charge in [0, 0.05) is 45.3 Å². The first kappa shape index (κ1) is 18.3. The minimum atomic E-state index is 1.19. The fourth-order valence-corrected chi connectivity index (χ4v) is 5.35. The molecule has 0 unspecified atom stereocenters. The highest BCUT2D eigenvalue weighted by molar-refractivity contribution is 6.11. The first-order chi connectivity index (χ1) is 16.3. The standard InChI is InChI=1S/C31H22N2/c1-32-28-13-7-5-11-24(28)26-17-15-22(20-31(26)32)21-16-18-30-27(19-21)25-12-6-8-14-29(25)33(30)23-9-3-2-4-10-23/h2-20H,1H3. The molecule has 0 atom stereocenters. The van der Waals surface area contributed by atoms with Crippen LogP contribution in [0.15, 0.2) is 115 Å². The Kier molecular flexibility index (Phi) is 3.80. The molecule has 0 saturated heterocycles. The Bertz CT molecular complexity index is 1820. The fraction of sp³-hybridized carbons (Fsp3) is 0.0323. The van der Waals surface area contributed by atoms with Gasteiger partial charge in [-0.15, -0.1) is 0 Å². The van der Waals surface area contributed by atoms with Crippen LogP contribution in [0.5, 0.6) is 0 Å². The van der Waals surface area contributed by atoms with Crippen molar-refractivity contribution >= 4 is 43.6 Å². The first-order valence-electron chi connectivity index (χ1n) is 11.4. The van der Waals surface area contributed by atoms with Gasteiger partial charge in [-0.1, -0.05) is 72.8 Å². The summed E-state index contributed by atoms with van der Waals surface area (Å²) in [5, 5.41) is 5.18. The zero-order valence-corrected chi connectivity index (χ0v) is 18.4. The van der Waals surface area contributed by atoms with E-state index in [1.54, 1.807) is 0 Å². The summed E-state index contributed by atoms with van der Waals surface area (Å²) in [6.45, 7) is 0. The molecule has 0 radical (unpaired) electrons. The van der Waals surface area contributed by atoms with Crippen molar-refractivity contribution in [1.29, 1.82) is 0 Å². The molecular formula is C31H22N2. The van der Waals surface area contributed by atoms with Crippen LogP contribution in [0.2, 0.25) is 0 Å². The lowest BCUT2D eigenvalue weighted by atomic mass is 10.0. The molecule has 0 aliphatic rings. The van der Waals surface area contributed by atoms with E-state index in [0.717, 1.165) is 0 Å². The van der Waals surface area contributed by atoms with Crippen molar-refractivity contribution in [2.24, 2.45) is 7.05 Å². The van der Waals surface area contributed by atoms with Gasteiger partial charge in [0.1, 0.15) is 0 Å². The topological polar surface area (TPSA) is 9.86 Å². The largest absolute Gasteiger partial charge is 0.344 e. The molecule has 156 valence electrons. The second kappa shape index (κ2) is 6.85. The summed E-state index contributed by atoms with van der Waals surface area (Å²) in [6.07, 6.45) is 0. The van der Waals surface area contributed by atoms with E-state index in [2.05, 4.69) is 131 Å². The summed E-state index contributed by atoms with van der Waals surface area (Å²) < 4.78 is 4.66. The number of aromatic nitrogens is 2. The summed E-state index contributed by atoms with van der Waals surface area (Å²) in [4.78, 5) is 0. The highest BCUT2D eigenvalue weighted by Crippen LogP contribution is 2.36. The van der Waals surface area contributed by atoms with E-state index in [4.69, 9.17) is 0 Å². The van der Waals surface area contributed by atoms with Gasteiger partial charge in [-0.25, -0.2) is 0 Å². The molecule has 7 aromatic rings. The van der Waals surface area contributed by atoms with Crippen molar-refractivity contribution in [3.05, 3.63) is 115 Å². The smallest absolute Gasteiger partial charge is 0.0541 e. The van der Waals surface area contributed by atoms with Crippen LogP contribution >= 0.6 is 0 Å². The number of nitrogens with zero attached hydrogens (tertiary/aromatic N) is 2. The number of benzene rings is 5. The second-order valence-electron chi connectivity index (χ2n) is 8.73. The molecule has 33 heavy (non-hydrogen) atoms. The second-order valence-corrected chi connectivity index (χ2v) is 8.73. The Morgan fingerprint density at radius 1 is 0.424 bits per heavy atom. The quantitative estimate of drug-likeness (QED) is 0.266. The molecule has 2 nitrogen and oxygen atoms in total. The van der Waals surface area contributed by atoms with Crippen LogP contribution in [0, 0.1) is 0 Å². The molecule has 0 saturated carbocycles. The minimum Gasteiger partial charge on any atom is -0.344 e. The molecule has 5 aromatic carbocycles. The zero-order valence-electron chi connectivity index (χ0n) is 18.4. The Hall–Kier alpha value is -4.30. The molecule has 0 aliphatic heterocycles. The molecule has 2 aromatic heterocycles. The number of fused-ring (bicyclic) bond motifs is 6. The van der Waals surface area contributed by atoms with E-state index in [-0.39, 0.29) is 0 Å². The number of hydrogen-bond donors (Lipinski definition) is 0. The van der Waals surface area contributed by atoms with Crippen LogP contribution in [0.1, 0.15) is 0 Å². The number of aryl methyl sites for hydroxylation is 1. The minimum absolute atomic E-state index is 1.19. The lowest BCUT2D eigenvalue weighted by Crippen LogP contribution is -1.92. The van der Waals surface area contributed by atoms with Gasteiger partial charge in [-0.3, -0.25) is 0 Å². The Balaban J connectivity index is 1.48. The van der Waals surface area contributed by atoms with Gasteiger partial charge in [0.05, 0.1) is 11.0 Å². The number of hydrogen-bond acceptors (Lipinski definition) is 0. The van der Waals surface area contributed by atoms with Crippen LogP contribution in [-0.2, 0) is 7.05 Å². The summed E-state index contributed by atoms with van der Waals surface area (Å²) in [5.41, 5.74) is 8.68. The van der Waals surface area contributed by atoms with Crippen molar-refractivity contribution < 1.29 is 0 Å². The third-order valence-electron chi connectivity index (χ3n) is 6.93. The van der Waals surface area contributed by atoms with Crippen molar-refractivity contribution in [2.45, 2.75) is 0 Å². The average Bonchev–Trinajstić information content (AvgIpc) is 3.36. The number of rotatable bonds is 2. The Labute approximate surface area is 191 Å². The molecule has 0 spiro atoms. The van der Waals surface area contributed by atoms with Crippen molar-refractivity contribution in [2.75, 3.05) is 0 Å². The molecule has 0 N–H and O–H groups in total. The maximum absolute atomic E-state index is 2.36. The van der Waals surface area contributed by atoms with E-state index in [1.807, 2.05) is 0 Å². The van der Waals surface area contributed by atoms with Crippen LogP contribution in [0.25, 0.3) is 60.4 Å². The first-order valence-corrected chi connectivity index (χ1v) is 11.4. The van der Waals surface area contributed by atoms with E-state index in [1.165, 1.54) is 60.4 Å². The predicted molar refractivity (Wildman–Crippen MR) is 140 cm³/mol. The molecule has 0 bridgehead atoms. The zero-order chi connectivity index (χ0) is 21.9. The van der Waals surface area contributed by atoms with Crippen LogP contribution in [0.4, 0.5) is 0 Å². The highest BCUT2D eigenvalue weighted by Gasteiger charge is 2.14. The molecule has 7 rings (SSSR count). The lowest BCUT2D eigenvalue weighted by molar-refractivity contribution is 1.01. The normalized spacial score (nSPS) is 11.8. The highest BCUT2D eigenvalue weighted by atomic mass is 15.0. The molecule has 2 heterocycles. The maximum Gasteiger partial charge on any atom is 0.0541 e. The van der Waals surface area contributed by atoms with Crippen molar-refractivity contribution in [1.82, 2.24) is 9.13 Å². The summed E-state index contributed by atoms with van der Waals surface area (Å²) in [7, 11) is 2.16. The maximum atomic E-state index is 2.36. The Morgan fingerprint density at radius 3 is 1.82 bits per heavy atom. The Morgan fingerprint density at radius 2 is 1.00 bits per heavy atom. The third kappa shape index (κ3) is 2.61. The predicted octanol–water partition coefficient (Wildman–Crippen LogP) is 8.10. The number of para-hydroxylation sites is 3. The summed E-state index contributed by atoms with van der Waals surface area (Å²) in [6, 6.07) is 41.7. The van der Waals surface area contributed by atoms with Crippen molar-refractivity contribution in [3.8, 4) is 16.8 Å². The van der Waals surface area contributed by atoms with E-state index >= 15 is 0 Å². The molecular weight excluding hydrogens is 400 g/mol.